The predicted octanol–water partition coefficient (Wildman–Crippen LogP) is 3.54. The number of nitrogens with two attached hydrogens (primary N) is 1. The van der Waals surface area contributed by atoms with E-state index in [2.05, 4.69) is 0 Å². The number of nitrogens with zero attached hydrogens (tertiary/aromatic N) is 1. The molecule has 0 saturated carbocycles. The van der Waals surface area contributed by atoms with E-state index >= 15 is 0 Å². The van der Waals surface area contributed by atoms with Crippen LogP contribution in [0.3, 0.4) is 0 Å². The van der Waals surface area contributed by atoms with Gasteiger partial charge in [-0.25, -0.2) is 0 Å². The number of benzene rings is 2. The molecule has 0 aliphatic heterocycles. The van der Waals surface area contributed by atoms with Gasteiger partial charge in [-0.1, -0.05) is 13.0 Å². The van der Waals surface area contributed by atoms with E-state index in [1.807, 2.05) is 19.1 Å². The normalized spacial score (nSPS) is 10.2. The predicted molar refractivity (Wildman–Crippen MR) is 80.0 cm³/mol. The highest BCUT2D eigenvalue weighted by Crippen LogP contribution is 2.34. The number of hydrogen-bond donors (Lipinski definition) is 1. The topological polar surface area (TPSA) is 87.6 Å². The minimum atomic E-state index is -0.532. The summed E-state index contributed by atoms with van der Waals surface area (Å²) in [7, 11) is 1.56. The van der Waals surface area contributed by atoms with Crippen LogP contribution in [0.5, 0.6) is 17.2 Å². The highest BCUT2D eigenvalue weighted by atomic mass is 16.6. The van der Waals surface area contributed by atoms with E-state index < -0.39 is 4.92 Å². The van der Waals surface area contributed by atoms with Crippen LogP contribution in [0, 0.1) is 10.1 Å². The maximum atomic E-state index is 10.7. The van der Waals surface area contributed by atoms with Gasteiger partial charge in [0.1, 0.15) is 11.4 Å². The molecule has 0 unspecified atom stereocenters. The lowest BCUT2D eigenvalue weighted by Crippen LogP contribution is -1.97. The molecule has 110 valence electrons. The number of methoxy groups -OCH3 is 1. The van der Waals surface area contributed by atoms with Crippen molar-refractivity contribution in [1.82, 2.24) is 0 Å². The average molecular weight is 288 g/mol. The molecule has 2 aromatic carbocycles. The van der Waals surface area contributed by atoms with Gasteiger partial charge < -0.3 is 15.2 Å². The summed E-state index contributed by atoms with van der Waals surface area (Å²) >= 11 is 0. The number of nitro groups is 1. The second-order valence-corrected chi connectivity index (χ2v) is 4.42. The third-order valence-electron chi connectivity index (χ3n) is 3.06. The average Bonchev–Trinajstić information content (AvgIpc) is 2.47. The minimum absolute atomic E-state index is 0.0571. The first-order valence-corrected chi connectivity index (χ1v) is 6.43. The zero-order valence-corrected chi connectivity index (χ0v) is 11.8. The van der Waals surface area contributed by atoms with Crippen molar-refractivity contribution >= 4 is 11.4 Å². The molecule has 0 saturated heterocycles. The molecule has 0 heterocycles. The molecule has 2 N–H and O–H groups in total. The van der Waals surface area contributed by atoms with Gasteiger partial charge in [-0.05, 0) is 30.2 Å². The Balaban J connectivity index is 2.30. The Morgan fingerprint density at radius 3 is 2.52 bits per heavy atom. The van der Waals surface area contributed by atoms with E-state index in [1.165, 1.54) is 18.2 Å². The molecule has 21 heavy (non-hydrogen) atoms. The van der Waals surface area contributed by atoms with Gasteiger partial charge in [0.15, 0.2) is 11.5 Å². The lowest BCUT2D eigenvalue weighted by Gasteiger charge is -2.12. The van der Waals surface area contributed by atoms with Crippen LogP contribution in [0.15, 0.2) is 36.4 Å². The third-order valence-corrected chi connectivity index (χ3v) is 3.06. The molecule has 0 spiro atoms. The molecule has 0 amide bonds. The van der Waals surface area contributed by atoms with Crippen LogP contribution < -0.4 is 15.2 Å². The van der Waals surface area contributed by atoms with Crippen LogP contribution >= 0.6 is 0 Å². The van der Waals surface area contributed by atoms with Gasteiger partial charge in [0.25, 0.3) is 5.69 Å². The van der Waals surface area contributed by atoms with E-state index in [0.717, 1.165) is 12.0 Å². The Hall–Kier alpha value is -2.76. The Kier molecular flexibility index (Phi) is 4.27. The van der Waals surface area contributed by atoms with Crippen LogP contribution in [0.1, 0.15) is 12.5 Å². The largest absolute Gasteiger partial charge is 0.493 e. The van der Waals surface area contributed by atoms with Gasteiger partial charge in [-0.3, -0.25) is 10.1 Å². The van der Waals surface area contributed by atoms with Crippen LogP contribution in [-0.2, 0) is 6.42 Å². The smallest absolute Gasteiger partial charge is 0.292 e. The van der Waals surface area contributed by atoms with Gasteiger partial charge in [0.2, 0.25) is 0 Å². The molecule has 0 fully saturated rings. The molecule has 2 aromatic rings. The monoisotopic (exact) mass is 288 g/mol. The maximum absolute atomic E-state index is 10.7. The standard InChI is InChI=1S/C15H16N2O4/c1-3-10-4-7-14(15(8-10)20-2)21-11-5-6-13(17(18)19)12(16)9-11/h4-9H,3,16H2,1-2H3. The first-order valence-electron chi connectivity index (χ1n) is 6.43. The second-order valence-electron chi connectivity index (χ2n) is 4.42. The molecule has 0 bridgehead atoms. The van der Waals surface area contributed by atoms with E-state index in [4.69, 9.17) is 15.2 Å². The van der Waals surface area contributed by atoms with Crippen LogP contribution in [-0.4, -0.2) is 12.0 Å². The molecule has 0 radical (unpaired) electrons. The zero-order chi connectivity index (χ0) is 15.4. The summed E-state index contributed by atoms with van der Waals surface area (Å²) in [4.78, 5) is 10.2. The number of anilines is 1. The highest BCUT2D eigenvalue weighted by molar-refractivity contribution is 5.61. The Morgan fingerprint density at radius 2 is 1.95 bits per heavy atom. The first kappa shape index (κ1) is 14.6. The van der Waals surface area contributed by atoms with E-state index in [1.54, 1.807) is 13.2 Å². The molecule has 0 aliphatic rings. The van der Waals surface area contributed by atoms with Gasteiger partial charge in [0, 0.05) is 12.1 Å². The number of aryl methyl sites for hydroxylation is 1. The lowest BCUT2D eigenvalue weighted by atomic mass is 10.1. The summed E-state index contributed by atoms with van der Waals surface area (Å²) in [5.41, 5.74) is 6.68. The molecule has 6 nitrogen and oxygen atoms in total. The Labute approximate surface area is 122 Å². The quantitative estimate of drug-likeness (QED) is 0.516. The number of rotatable bonds is 5. The van der Waals surface area contributed by atoms with E-state index in [0.29, 0.717) is 17.2 Å². The summed E-state index contributed by atoms with van der Waals surface area (Å²) < 4.78 is 11.0. The molecule has 0 atom stereocenters. The molecule has 0 aromatic heterocycles. The van der Waals surface area contributed by atoms with Crippen molar-refractivity contribution in [3.8, 4) is 17.2 Å². The summed E-state index contributed by atoms with van der Waals surface area (Å²) in [6.07, 6.45) is 0.890. The van der Waals surface area contributed by atoms with Crippen molar-refractivity contribution < 1.29 is 14.4 Å². The van der Waals surface area contributed by atoms with Crippen molar-refractivity contribution in [3.63, 3.8) is 0 Å². The fraction of sp³-hybridized carbons (Fsp3) is 0.200. The molecular formula is C15H16N2O4. The van der Waals surface area contributed by atoms with Gasteiger partial charge in [-0.15, -0.1) is 0 Å². The molecule has 0 aliphatic carbocycles. The third kappa shape index (κ3) is 3.22. The zero-order valence-electron chi connectivity index (χ0n) is 11.8. The fourth-order valence-electron chi connectivity index (χ4n) is 1.91. The Morgan fingerprint density at radius 1 is 1.19 bits per heavy atom. The van der Waals surface area contributed by atoms with Crippen LogP contribution in [0.4, 0.5) is 11.4 Å². The van der Waals surface area contributed by atoms with Crippen molar-refractivity contribution in [3.05, 3.63) is 52.1 Å². The van der Waals surface area contributed by atoms with E-state index in [9.17, 15) is 10.1 Å². The SMILES string of the molecule is CCc1ccc(Oc2ccc([N+](=O)[O-])c(N)c2)c(OC)c1. The van der Waals surface area contributed by atoms with Crippen LogP contribution in [0.2, 0.25) is 0 Å². The van der Waals surface area contributed by atoms with Crippen molar-refractivity contribution in [2.45, 2.75) is 13.3 Å². The second kappa shape index (κ2) is 6.13. The molecular weight excluding hydrogens is 272 g/mol. The van der Waals surface area contributed by atoms with Crippen molar-refractivity contribution in [2.24, 2.45) is 0 Å². The van der Waals surface area contributed by atoms with Crippen LogP contribution in [0.25, 0.3) is 0 Å². The lowest BCUT2D eigenvalue weighted by molar-refractivity contribution is -0.383. The number of nitro benzene ring substituents is 1. The molecule has 6 heteroatoms. The fourth-order valence-corrected chi connectivity index (χ4v) is 1.91. The van der Waals surface area contributed by atoms with Gasteiger partial charge >= 0.3 is 0 Å². The summed E-state index contributed by atoms with van der Waals surface area (Å²) in [6.45, 7) is 2.05. The van der Waals surface area contributed by atoms with E-state index in [-0.39, 0.29) is 11.4 Å². The number of nitrogen functional groups attached to an aromatic ring is 1. The Bertz CT molecular complexity index is 671. The number of ether oxygens (including phenoxy) is 2. The first-order chi connectivity index (χ1) is 10.0. The summed E-state index contributed by atoms with van der Waals surface area (Å²) in [5.74, 6) is 1.55. The van der Waals surface area contributed by atoms with Gasteiger partial charge in [0.05, 0.1) is 12.0 Å². The minimum Gasteiger partial charge on any atom is -0.493 e. The maximum Gasteiger partial charge on any atom is 0.292 e. The van der Waals surface area contributed by atoms with Crippen molar-refractivity contribution in [2.75, 3.05) is 12.8 Å². The summed E-state index contributed by atoms with van der Waals surface area (Å²) in [6, 6.07) is 9.87. The summed E-state index contributed by atoms with van der Waals surface area (Å²) in [5, 5.41) is 10.7. The number of hydrogen-bond acceptors (Lipinski definition) is 5. The highest BCUT2D eigenvalue weighted by Gasteiger charge is 2.13. The van der Waals surface area contributed by atoms with Gasteiger partial charge in [-0.2, -0.15) is 0 Å². The van der Waals surface area contributed by atoms with Crippen molar-refractivity contribution in [1.29, 1.82) is 0 Å². The molecule has 2 rings (SSSR count).